The van der Waals surface area contributed by atoms with Gasteiger partial charge in [-0.05, 0) is 18.7 Å². The molecule has 0 radical (unpaired) electrons. The zero-order valence-electron chi connectivity index (χ0n) is 13.3. The number of carbonyl (C=O) groups excluding carboxylic acids is 1. The second kappa shape index (κ2) is 5.69. The third-order valence-electron chi connectivity index (χ3n) is 4.96. The van der Waals surface area contributed by atoms with Crippen LogP contribution >= 0.6 is 11.8 Å². The van der Waals surface area contributed by atoms with E-state index in [1.165, 1.54) is 17.8 Å². The van der Waals surface area contributed by atoms with E-state index in [0.717, 1.165) is 6.42 Å². The first-order valence-corrected chi connectivity index (χ1v) is 8.76. The molecule has 2 heterocycles. The number of nitrogens with one attached hydrogen (secondary N) is 2. The van der Waals surface area contributed by atoms with E-state index in [-0.39, 0.29) is 23.1 Å². The molecule has 2 aliphatic rings. The fraction of sp³-hybridized carbons (Fsp3) is 0.562. The Balaban J connectivity index is 1.85. The second-order valence-electron chi connectivity index (χ2n) is 6.59. The van der Waals surface area contributed by atoms with Crippen LogP contribution < -0.4 is 10.9 Å². The van der Waals surface area contributed by atoms with Crippen LogP contribution in [0.2, 0.25) is 0 Å². The number of fused-ring (bicyclic) bond motifs is 1. The van der Waals surface area contributed by atoms with E-state index in [4.69, 9.17) is 10.00 Å². The number of H-pyrrole nitrogens is 1. The highest BCUT2D eigenvalue weighted by Crippen LogP contribution is 2.52. The third kappa shape index (κ3) is 2.46. The van der Waals surface area contributed by atoms with Gasteiger partial charge in [0.25, 0.3) is 11.5 Å². The summed E-state index contributed by atoms with van der Waals surface area (Å²) in [6.45, 7) is 4.84. The van der Waals surface area contributed by atoms with Crippen LogP contribution in [0.5, 0.6) is 0 Å². The molecule has 1 aliphatic carbocycles. The Morgan fingerprint density at radius 3 is 2.96 bits per heavy atom. The molecule has 3 atom stereocenters. The first kappa shape index (κ1) is 16.1. The maximum Gasteiger partial charge on any atom is 0.261 e. The van der Waals surface area contributed by atoms with Crippen molar-refractivity contribution in [1.82, 2.24) is 10.3 Å². The summed E-state index contributed by atoms with van der Waals surface area (Å²) in [6.07, 6.45) is 2.85. The molecule has 1 aromatic rings. The van der Waals surface area contributed by atoms with Gasteiger partial charge in [-0.15, -0.1) is 11.8 Å². The van der Waals surface area contributed by atoms with Gasteiger partial charge in [-0.2, -0.15) is 5.26 Å². The molecule has 6 nitrogen and oxygen atoms in total. The molecular formula is C16H19N3O3S. The Bertz CT molecular complexity index is 750. The van der Waals surface area contributed by atoms with Crippen molar-refractivity contribution in [1.29, 1.82) is 5.26 Å². The summed E-state index contributed by atoms with van der Waals surface area (Å²) in [5.74, 6) is -0.132. The Labute approximate surface area is 138 Å². The fourth-order valence-corrected chi connectivity index (χ4v) is 4.28. The Morgan fingerprint density at radius 1 is 1.57 bits per heavy atom. The minimum absolute atomic E-state index is 0.0162. The monoisotopic (exact) mass is 333 g/mol. The lowest BCUT2D eigenvalue weighted by molar-refractivity contribution is -0.108. The van der Waals surface area contributed by atoms with Crippen molar-refractivity contribution < 1.29 is 9.53 Å². The lowest BCUT2D eigenvalue weighted by atomic mass is 9.57. The Morgan fingerprint density at radius 2 is 2.30 bits per heavy atom. The first-order valence-electron chi connectivity index (χ1n) is 7.54. The van der Waals surface area contributed by atoms with E-state index in [2.05, 4.69) is 24.1 Å². The van der Waals surface area contributed by atoms with Crippen LogP contribution in [0.15, 0.2) is 15.9 Å². The van der Waals surface area contributed by atoms with E-state index in [0.29, 0.717) is 23.1 Å². The standard InChI is InChI=1S/C16H19N3O3S/c1-16(2)11(9-4-5-22-12(9)16)18-13(20)10-6-8(7-17)15(23-3)19-14(10)21/h6,9,11-12H,4-5H2,1-3H3,(H,18,20)(H,19,21). The topological polar surface area (TPSA) is 95.0 Å². The van der Waals surface area contributed by atoms with Crippen LogP contribution in [-0.4, -0.2) is 35.9 Å². The molecule has 23 heavy (non-hydrogen) atoms. The number of carbonyl (C=O) groups is 1. The third-order valence-corrected chi connectivity index (χ3v) is 5.69. The van der Waals surface area contributed by atoms with Gasteiger partial charge in [-0.3, -0.25) is 9.59 Å². The highest BCUT2D eigenvalue weighted by atomic mass is 32.2. The second-order valence-corrected chi connectivity index (χ2v) is 7.40. The van der Waals surface area contributed by atoms with Gasteiger partial charge in [0.1, 0.15) is 11.6 Å². The van der Waals surface area contributed by atoms with Gasteiger partial charge >= 0.3 is 0 Å². The molecule has 1 saturated heterocycles. The van der Waals surface area contributed by atoms with Crippen LogP contribution in [0, 0.1) is 22.7 Å². The summed E-state index contributed by atoms with van der Waals surface area (Å²) in [6, 6.07) is 3.36. The van der Waals surface area contributed by atoms with Crippen LogP contribution in [0.1, 0.15) is 36.2 Å². The molecule has 1 aromatic heterocycles. The number of thioether (sulfide) groups is 1. The van der Waals surface area contributed by atoms with Gasteiger partial charge in [0.15, 0.2) is 0 Å². The van der Waals surface area contributed by atoms with Crippen molar-refractivity contribution in [3.8, 4) is 6.07 Å². The van der Waals surface area contributed by atoms with Crippen LogP contribution in [0.4, 0.5) is 0 Å². The number of hydrogen-bond donors (Lipinski definition) is 2. The molecule has 0 aromatic carbocycles. The van der Waals surface area contributed by atoms with Gasteiger partial charge in [-0.25, -0.2) is 0 Å². The molecule has 1 aliphatic heterocycles. The maximum absolute atomic E-state index is 12.5. The molecule has 7 heteroatoms. The van der Waals surface area contributed by atoms with Gasteiger partial charge in [0, 0.05) is 24.0 Å². The van der Waals surface area contributed by atoms with Gasteiger partial charge in [-0.1, -0.05) is 13.8 Å². The molecule has 3 unspecified atom stereocenters. The van der Waals surface area contributed by atoms with Crippen molar-refractivity contribution in [2.24, 2.45) is 11.3 Å². The van der Waals surface area contributed by atoms with E-state index < -0.39 is 11.5 Å². The van der Waals surface area contributed by atoms with Crippen molar-refractivity contribution in [3.63, 3.8) is 0 Å². The van der Waals surface area contributed by atoms with Crippen LogP contribution in [0.25, 0.3) is 0 Å². The predicted octanol–water partition coefficient (Wildman–Crippen LogP) is 1.51. The van der Waals surface area contributed by atoms with Gasteiger partial charge in [0.2, 0.25) is 0 Å². The highest BCUT2D eigenvalue weighted by Gasteiger charge is 2.59. The number of rotatable bonds is 3. The lowest BCUT2D eigenvalue weighted by Gasteiger charge is -2.54. The molecule has 3 rings (SSSR count). The number of pyridine rings is 1. The number of amides is 1. The Hall–Kier alpha value is -1.78. The summed E-state index contributed by atoms with van der Waals surface area (Å²) in [5, 5.41) is 12.6. The molecule has 1 amide bonds. The number of nitriles is 1. The van der Waals surface area contributed by atoms with E-state index >= 15 is 0 Å². The van der Waals surface area contributed by atoms with E-state index in [1.54, 1.807) is 6.26 Å². The molecule has 0 bridgehead atoms. The summed E-state index contributed by atoms with van der Waals surface area (Å²) in [4.78, 5) is 27.2. The van der Waals surface area contributed by atoms with Crippen LogP contribution in [0.3, 0.4) is 0 Å². The van der Waals surface area contributed by atoms with Gasteiger partial charge < -0.3 is 15.0 Å². The maximum atomic E-state index is 12.5. The van der Waals surface area contributed by atoms with Gasteiger partial charge in [0.05, 0.1) is 16.7 Å². The number of aromatic amines is 1. The molecule has 1 saturated carbocycles. The van der Waals surface area contributed by atoms with Crippen molar-refractivity contribution in [2.75, 3.05) is 12.9 Å². The fourth-order valence-electron chi connectivity index (χ4n) is 3.76. The smallest absolute Gasteiger partial charge is 0.261 e. The minimum Gasteiger partial charge on any atom is -0.377 e. The number of nitrogens with zero attached hydrogens (tertiary/aromatic N) is 1. The minimum atomic E-state index is -0.470. The first-order chi connectivity index (χ1) is 10.9. The average Bonchev–Trinajstić information content (AvgIpc) is 2.99. The lowest BCUT2D eigenvalue weighted by Crippen LogP contribution is -2.66. The Kier molecular flexibility index (Phi) is 3.98. The largest absolute Gasteiger partial charge is 0.377 e. The normalized spacial score (nSPS) is 27.7. The zero-order chi connectivity index (χ0) is 16.8. The highest BCUT2D eigenvalue weighted by molar-refractivity contribution is 7.98. The quantitative estimate of drug-likeness (QED) is 0.818. The van der Waals surface area contributed by atoms with Crippen molar-refractivity contribution in [3.05, 3.63) is 27.5 Å². The van der Waals surface area contributed by atoms with Crippen molar-refractivity contribution in [2.45, 2.75) is 37.4 Å². The number of hydrogen-bond acceptors (Lipinski definition) is 5. The summed E-state index contributed by atoms with van der Waals surface area (Å²) in [5.41, 5.74) is -0.335. The van der Waals surface area contributed by atoms with Crippen molar-refractivity contribution >= 4 is 17.7 Å². The molecule has 2 fully saturated rings. The van der Waals surface area contributed by atoms with E-state index in [9.17, 15) is 9.59 Å². The zero-order valence-corrected chi connectivity index (χ0v) is 14.1. The molecule has 0 spiro atoms. The predicted molar refractivity (Wildman–Crippen MR) is 86.4 cm³/mol. The number of aromatic nitrogens is 1. The number of ether oxygens (including phenoxy) is 1. The average molecular weight is 333 g/mol. The summed E-state index contributed by atoms with van der Waals surface area (Å²) >= 11 is 1.27. The summed E-state index contributed by atoms with van der Waals surface area (Å²) in [7, 11) is 0. The van der Waals surface area contributed by atoms with Crippen LogP contribution in [-0.2, 0) is 4.74 Å². The summed E-state index contributed by atoms with van der Waals surface area (Å²) < 4.78 is 5.71. The molecule has 122 valence electrons. The molecule has 2 N–H and O–H groups in total. The molecular weight excluding hydrogens is 314 g/mol. The van der Waals surface area contributed by atoms with E-state index in [1.807, 2.05) is 6.07 Å². The SMILES string of the molecule is CSc1[nH]c(=O)c(C(=O)NC2C3CCOC3C2(C)C)cc1C#N.